The summed E-state index contributed by atoms with van der Waals surface area (Å²) in [6, 6.07) is 7.35. The van der Waals surface area contributed by atoms with Gasteiger partial charge in [0, 0.05) is 10.6 Å². The van der Waals surface area contributed by atoms with Gasteiger partial charge in [-0.15, -0.1) is 0 Å². The van der Waals surface area contributed by atoms with Crippen LogP contribution in [-0.2, 0) is 16.0 Å². The third-order valence-corrected chi connectivity index (χ3v) is 2.74. The molecule has 2 aromatic rings. The molecule has 0 aliphatic heterocycles. The Morgan fingerprint density at radius 2 is 2.11 bits per heavy atom. The molecule has 1 aromatic heterocycles. The summed E-state index contributed by atoms with van der Waals surface area (Å²) in [6.07, 6.45) is 1.85. The molecule has 0 fully saturated rings. The molecule has 0 saturated heterocycles. The van der Waals surface area contributed by atoms with Crippen LogP contribution in [0.25, 0.3) is 11.3 Å². The summed E-state index contributed by atoms with van der Waals surface area (Å²) < 4.78 is 4.92. The van der Waals surface area contributed by atoms with Crippen molar-refractivity contribution in [1.29, 1.82) is 0 Å². The summed E-state index contributed by atoms with van der Waals surface area (Å²) in [7, 11) is 0. The van der Waals surface area contributed by atoms with E-state index in [1.165, 1.54) is 0 Å². The number of nitrogens with one attached hydrogen (secondary N) is 1. The van der Waals surface area contributed by atoms with Crippen LogP contribution >= 0.6 is 11.6 Å². The quantitative estimate of drug-likeness (QED) is 0.864. The first-order valence-electron chi connectivity index (χ1n) is 5.64. The number of carbonyl (C=O) groups excluding carboxylic acids is 1. The lowest BCUT2D eigenvalue weighted by Crippen LogP contribution is -2.07. The first-order chi connectivity index (χ1) is 8.70. The number of benzene rings is 1. The van der Waals surface area contributed by atoms with Gasteiger partial charge in [0.1, 0.15) is 0 Å². The van der Waals surface area contributed by atoms with E-state index in [4.69, 9.17) is 16.3 Å². The average molecular weight is 265 g/mol. The number of nitrogens with zero attached hydrogens (tertiary/aromatic N) is 1. The lowest BCUT2D eigenvalue weighted by molar-refractivity contribution is -0.142. The second-order valence-electron chi connectivity index (χ2n) is 3.76. The summed E-state index contributed by atoms with van der Waals surface area (Å²) in [5.41, 5.74) is 2.58. The second-order valence-corrected chi connectivity index (χ2v) is 4.20. The maximum absolute atomic E-state index is 11.5. The molecule has 18 heavy (non-hydrogen) atoms. The number of esters is 1. The van der Waals surface area contributed by atoms with Crippen LogP contribution in [0.2, 0.25) is 5.02 Å². The molecule has 1 N–H and O–H groups in total. The Kier molecular flexibility index (Phi) is 3.99. The van der Waals surface area contributed by atoms with Gasteiger partial charge in [-0.05, 0) is 24.6 Å². The Morgan fingerprint density at radius 3 is 2.78 bits per heavy atom. The lowest BCUT2D eigenvalue weighted by atomic mass is 10.1. The molecule has 0 atom stereocenters. The van der Waals surface area contributed by atoms with Crippen molar-refractivity contribution in [2.75, 3.05) is 6.61 Å². The van der Waals surface area contributed by atoms with Crippen molar-refractivity contribution in [3.63, 3.8) is 0 Å². The van der Waals surface area contributed by atoms with Crippen molar-refractivity contribution in [2.45, 2.75) is 13.3 Å². The third kappa shape index (κ3) is 2.90. The number of aromatic amines is 1. The van der Waals surface area contributed by atoms with Gasteiger partial charge in [-0.25, -0.2) is 0 Å². The average Bonchev–Trinajstić information content (AvgIpc) is 2.78. The molecule has 5 heteroatoms. The van der Waals surface area contributed by atoms with E-state index in [-0.39, 0.29) is 12.4 Å². The summed E-state index contributed by atoms with van der Waals surface area (Å²) in [5.74, 6) is -0.255. The number of aromatic nitrogens is 2. The molecule has 0 aliphatic rings. The zero-order valence-corrected chi connectivity index (χ0v) is 10.7. The van der Waals surface area contributed by atoms with E-state index in [2.05, 4.69) is 10.2 Å². The van der Waals surface area contributed by atoms with Crippen LogP contribution in [0.3, 0.4) is 0 Å². The molecule has 0 spiro atoms. The summed E-state index contributed by atoms with van der Waals surface area (Å²) in [6.45, 7) is 2.17. The summed E-state index contributed by atoms with van der Waals surface area (Å²) >= 11 is 5.84. The van der Waals surface area contributed by atoms with E-state index in [1.807, 2.05) is 12.1 Å². The van der Waals surface area contributed by atoms with E-state index < -0.39 is 0 Å². The van der Waals surface area contributed by atoms with Gasteiger partial charge in [0.25, 0.3) is 0 Å². The van der Waals surface area contributed by atoms with E-state index in [0.29, 0.717) is 11.6 Å². The fourth-order valence-electron chi connectivity index (χ4n) is 1.68. The summed E-state index contributed by atoms with van der Waals surface area (Å²) in [5, 5.41) is 7.53. The molecular weight excluding hydrogens is 252 g/mol. The number of H-pyrrole nitrogens is 1. The van der Waals surface area contributed by atoms with Crippen LogP contribution in [0, 0.1) is 0 Å². The van der Waals surface area contributed by atoms with E-state index in [1.54, 1.807) is 25.3 Å². The minimum atomic E-state index is -0.255. The van der Waals surface area contributed by atoms with Gasteiger partial charge in [0.15, 0.2) is 0 Å². The maximum Gasteiger partial charge on any atom is 0.310 e. The number of carbonyl (C=O) groups is 1. The molecule has 4 nitrogen and oxygen atoms in total. The zero-order valence-electron chi connectivity index (χ0n) is 9.94. The lowest BCUT2D eigenvalue weighted by Gasteiger charge is -2.03. The normalized spacial score (nSPS) is 10.3. The zero-order chi connectivity index (χ0) is 13.0. The smallest absolute Gasteiger partial charge is 0.310 e. The van der Waals surface area contributed by atoms with Crippen LogP contribution in [0.4, 0.5) is 0 Å². The number of hydrogen-bond acceptors (Lipinski definition) is 3. The van der Waals surface area contributed by atoms with Gasteiger partial charge in [0.05, 0.1) is 24.9 Å². The van der Waals surface area contributed by atoms with Crippen LogP contribution in [0.1, 0.15) is 12.5 Å². The van der Waals surface area contributed by atoms with Crippen molar-refractivity contribution < 1.29 is 9.53 Å². The Morgan fingerprint density at radius 1 is 1.39 bits per heavy atom. The van der Waals surface area contributed by atoms with E-state index >= 15 is 0 Å². The Hall–Kier alpha value is -1.81. The van der Waals surface area contributed by atoms with Crippen LogP contribution in [0.15, 0.2) is 30.5 Å². The predicted molar refractivity (Wildman–Crippen MR) is 69.4 cm³/mol. The van der Waals surface area contributed by atoms with Crippen molar-refractivity contribution in [1.82, 2.24) is 10.2 Å². The minimum Gasteiger partial charge on any atom is -0.466 e. The van der Waals surface area contributed by atoms with Gasteiger partial charge in [-0.1, -0.05) is 23.7 Å². The molecule has 1 aromatic carbocycles. The fraction of sp³-hybridized carbons (Fsp3) is 0.231. The van der Waals surface area contributed by atoms with Crippen LogP contribution < -0.4 is 0 Å². The number of ether oxygens (including phenoxy) is 1. The number of halogens is 1. The van der Waals surface area contributed by atoms with Crippen LogP contribution in [0.5, 0.6) is 0 Å². The van der Waals surface area contributed by atoms with Crippen molar-refractivity contribution in [3.8, 4) is 11.3 Å². The fourth-order valence-corrected chi connectivity index (χ4v) is 1.81. The highest BCUT2D eigenvalue weighted by Crippen LogP contribution is 2.23. The van der Waals surface area contributed by atoms with Gasteiger partial charge in [-0.2, -0.15) is 5.10 Å². The van der Waals surface area contributed by atoms with Crippen molar-refractivity contribution in [3.05, 3.63) is 41.0 Å². The minimum absolute atomic E-state index is 0.211. The second kappa shape index (κ2) is 5.69. The maximum atomic E-state index is 11.5. The van der Waals surface area contributed by atoms with Gasteiger partial charge >= 0.3 is 5.97 Å². The molecule has 94 valence electrons. The molecule has 0 aliphatic carbocycles. The van der Waals surface area contributed by atoms with Gasteiger partial charge in [-0.3, -0.25) is 9.89 Å². The van der Waals surface area contributed by atoms with Gasteiger partial charge in [0.2, 0.25) is 0 Å². The van der Waals surface area contributed by atoms with Crippen molar-refractivity contribution in [2.24, 2.45) is 0 Å². The molecule has 0 amide bonds. The molecule has 2 rings (SSSR count). The standard InChI is InChI=1S/C13H13ClN2O2/c1-2-18-12(17)7-10-8-15-16-13(10)9-3-5-11(14)6-4-9/h3-6,8H,2,7H2,1H3,(H,15,16). The Balaban J connectivity index is 2.22. The van der Waals surface area contributed by atoms with Crippen molar-refractivity contribution >= 4 is 17.6 Å². The molecule has 1 heterocycles. The predicted octanol–water partition coefficient (Wildman–Crippen LogP) is 2.84. The Bertz CT molecular complexity index is 534. The molecular formula is C13H13ClN2O2. The Labute approximate surface area is 110 Å². The number of hydrogen-bond donors (Lipinski definition) is 1. The highest BCUT2D eigenvalue weighted by atomic mass is 35.5. The SMILES string of the molecule is CCOC(=O)Cc1cn[nH]c1-c1ccc(Cl)cc1. The van der Waals surface area contributed by atoms with Crippen LogP contribution in [-0.4, -0.2) is 22.8 Å². The topological polar surface area (TPSA) is 55.0 Å². The van der Waals surface area contributed by atoms with Gasteiger partial charge < -0.3 is 4.74 Å². The highest BCUT2D eigenvalue weighted by Gasteiger charge is 2.12. The summed E-state index contributed by atoms with van der Waals surface area (Å²) in [4.78, 5) is 11.5. The monoisotopic (exact) mass is 264 g/mol. The molecule has 0 bridgehead atoms. The highest BCUT2D eigenvalue weighted by molar-refractivity contribution is 6.30. The largest absolute Gasteiger partial charge is 0.466 e. The van der Waals surface area contributed by atoms with E-state index in [0.717, 1.165) is 16.8 Å². The first-order valence-corrected chi connectivity index (χ1v) is 6.02. The first kappa shape index (κ1) is 12.6. The third-order valence-electron chi connectivity index (χ3n) is 2.49. The number of rotatable bonds is 4. The molecule has 0 saturated carbocycles. The molecule has 0 unspecified atom stereocenters. The molecule has 0 radical (unpaired) electrons. The van der Waals surface area contributed by atoms with E-state index in [9.17, 15) is 4.79 Å².